The Labute approximate surface area is 102 Å². The molecule has 5 nitrogen and oxygen atoms in total. The van der Waals surface area contributed by atoms with Crippen molar-refractivity contribution in [3.8, 4) is 5.88 Å². The van der Waals surface area contributed by atoms with Crippen molar-refractivity contribution in [3.63, 3.8) is 0 Å². The van der Waals surface area contributed by atoms with Crippen LogP contribution in [0, 0.1) is 0 Å². The largest absolute Gasteiger partial charge is 0.481 e. The molecule has 0 aliphatic heterocycles. The molecule has 0 bridgehead atoms. The lowest BCUT2D eigenvalue weighted by Gasteiger charge is -2.13. The Morgan fingerprint density at radius 3 is 2.82 bits per heavy atom. The highest BCUT2D eigenvalue weighted by Gasteiger charge is 2.11. The number of nitrogens with one attached hydrogen (secondary N) is 1. The molecule has 0 amide bonds. The molecule has 1 rings (SSSR count). The van der Waals surface area contributed by atoms with E-state index in [-0.39, 0.29) is 11.8 Å². The summed E-state index contributed by atoms with van der Waals surface area (Å²) in [4.78, 5) is 4.07. The van der Waals surface area contributed by atoms with E-state index in [0.29, 0.717) is 12.4 Å². The predicted octanol–water partition coefficient (Wildman–Crippen LogP) is 0.613. The Kier molecular flexibility index (Phi) is 4.89. The number of sulfone groups is 1. The SMILES string of the molecule is COc1ncccc1CNC(C)CS(C)(=O)=O. The van der Waals surface area contributed by atoms with Crippen molar-refractivity contribution in [2.45, 2.75) is 19.5 Å². The maximum atomic E-state index is 11.1. The molecule has 96 valence electrons. The van der Waals surface area contributed by atoms with Crippen LogP contribution >= 0.6 is 0 Å². The Bertz CT molecular complexity index is 460. The number of ether oxygens (including phenoxy) is 1. The van der Waals surface area contributed by atoms with Crippen molar-refractivity contribution in [2.24, 2.45) is 0 Å². The van der Waals surface area contributed by atoms with E-state index in [2.05, 4.69) is 10.3 Å². The number of aromatic nitrogens is 1. The van der Waals surface area contributed by atoms with Crippen molar-refractivity contribution >= 4 is 9.84 Å². The summed E-state index contributed by atoms with van der Waals surface area (Å²) in [5.41, 5.74) is 0.912. The third kappa shape index (κ3) is 5.14. The van der Waals surface area contributed by atoms with Gasteiger partial charge >= 0.3 is 0 Å². The van der Waals surface area contributed by atoms with E-state index in [9.17, 15) is 8.42 Å². The van der Waals surface area contributed by atoms with E-state index in [1.54, 1.807) is 13.3 Å². The molecule has 1 atom stereocenters. The Balaban J connectivity index is 2.55. The summed E-state index contributed by atoms with van der Waals surface area (Å²) in [7, 11) is -1.39. The lowest BCUT2D eigenvalue weighted by atomic mass is 10.2. The first kappa shape index (κ1) is 13.9. The molecular formula is C11H18N2O3S. The van der Waals surface area contributed by atoms with Crippen LogP contribution in [0.2, 0.25) is 0 Å². The molecule has 17 heavy (non-hydrogen) atoms. The average molecular weight is 258 g/mol. The number of rotatable bonds is 6. The van der Waals surface area contributed by atoms with Gasteiger partial charge in [-0.1, -0.05) is 6.07 Å². The second-order valence-electron chi connectivity index (χ2n) is 4.05. The molecular weight excluding hydrogens is 240 g/mol. The van der Waals surface area contributed by atoms with Gasteiger partial charge in [0.1, 0.15) is 9.84 Å². The van der Waals surface area contributed by atoms with Crippen LogP contribution in [0.4, 0.5) is 0 Å². The number of nitrogens with zero attached hydrogens (tertiary/aromatic N) is 1. The molecule has 0 radical (unpaired) electrons. The van der Waals surface area contributed by atoms with E-state index in [1.165, 1.54) is 6.26 Å². The quantitative estimate of drug-likeness (QED) is 0.810. The molecule has 0 fully saturated rings. The minimum absolute atomic E-state index is 0.102. The van der Waals surface area contributed by atoms with Crippen molar-refractivity contribution in [2.75, 3.05) is 19.1 Å². The Morgan fingerprint density at radius 1 is 1.53 bits per heavy atom. The molecule has 0 aromatic carbocycles. The summed E-state index contributed by atoms with van der Waals surface area (Å²) in [5.74, 6) is 0.682. The summed E-state index contributed by atoms with van der Waals surface area (Å²) in [5, 5.41) is 3.13. The highest BCUT2D eigenvalue weighted by atomic mass is 32.2. The van der Waals surface area contributed by atoms with E-state index in [4.69, 9.17) is 4.74 Å². The number of pyridine rings is 1. The lowest BCUT2D eigenvalue weighted by molar-refractivity contribution is 0.389. The van der Waals surface area contributed by atoms with E-state index in [1.807, 2.05) is 19.1 Å². The third-order valence-corrected chi connectivity index (χ3v) is 3.34. The van der Waals surface area contributed by atoms with Crippen molar-refractivity contribution < 1.29 is 13.2 Å². The molecule has 6 heteroatoms. The maximum Gasteiger partial charge on any atom is 0.217 e. The van der Waals surface area contributed by atoms with Crippen LogP contribution in [0.25, 0.3) is 0 Å². The maximum absolute atomic E-state index is 11.1. The Hall–Kier alpha value is -1.14. The zero-order chi connectivity index (χ0) is 12.9. The van der Waals surface area contributed by atoms with E-state index in [0.717, 1.165) is 5.56 Å². The minimum Gasteiger partial charge on any atom is -0.481 e. The van der Waals surface area contributed by atoms with Gasteiger partial charge in [-0.15, -0.1) is 0 Å². The molecule has 1 N–H and O–H groups in total. The van der Waals surface area contributed by atoms with Gasteiger partial charge < -0.3 is 10.1 Å². The van der Waals surface area contributed by atoms with E-state index < -0.39 is 9.84 Å². The summed E-state index contributed by atoms with van der Waals surface area (Å²) in [6.45, 7) is 2.37. The van der Waals surface area contributed by atoms with Crippen molar-refractivity contribution in [3.05, 3.63) is 23.9 Å². The average Bonchev–Trinajstić information content (AvgIpc) is 2.24. The molecule has 0 saturated heterocycles. The second kappa shape index (κ2) is 5.97. The fourth-order valence-electron chi connectivity index (χ4n) is 1.54. The van der Waals surface area contributed by atoms with Crippen LogP contribution in [0.1, 0.15) is 12.5 Å². The van der Waals surface area contributed by atoms with Gasteiger partial charge in [-0.2, -0.15) is 0 Å². The van der Waals surface area contributed by atoms with E-state index >= 15 is 0 Å². The van der Waals surface area contributed by atoms with Gasteiger partial charge in [-0.3, -0.25) is 0 Å². The molecule has 1 aromatic rings. The normalized spacial score (nSPS) is 13.4. The lowest BCUT2D eigenvalue weighted by Crippen LogP contribution is -2.32. The van der Waals surface area contributed by atoms with Crippen molar-refractivity contribution in [1.82, 2.24) is 10.3 Å². The topological polar surface area (TPSA) is 68.3 Å². The monoisotopic (exact) mass is 258 g/mol. The molecule has 0 saturated carbocycles. The van der Waals surface area contributed by atoms with Crippen LogP contribution in [-0.4, -0.2) is 38.6 Å². The summed E-state index contributed by atoms with van der Waals surface area (Å²) in [6, 6.07) is 3.61. The smallest absolute Gasteiger partial charge is 0.217 e. The molecule has 1 aromatic heterocycles. The first-order chi connectivity index (χ1) is 7.92. The molecule has 1 heterocycles. The standard InChI is InChI=1S/C11H18N2O3S/c1-9(8-17(3,14)15)13-7-10-5-4-6-12-11(10)16-2/h4-6,9,13H,7-8H2,1-3H3. The number of hydrogen-bond acceptors (Lipinski definition) is 5. The summed E-state index contributed by atoms with van der Waals surface area (Å²) >= 11 is 0. The zero-order valence-electron chi connectivity index (χ0n) is 10.3. The highest BCUT2D eigenvalue weighted by Crippen LogP contribution is 2.13. The van der Waals surface area contributed by atoms with Gasteiger partial charge in [0.25, 0.3) is 0 Å². The first-order valence-corrected chi connectivity index (χ1v) is 7.37. The highest BCUT2D eigenvalue weighted by molar-refractivity contribution is 7.90. The fourth-order valence-corrected chi connectivity index (χ4v) is 2.57. The number of methoxy groups -OCH3 is 1. The van der Waals surface area contributed by atoms with Crippen LogP contribution in [0.5, 0.6) is 5.88 Å². The van der Waals surface area contributed by atoms with Crippen LogP contribution < -0.4 is 10.1 Å². The second-order valence-corrected chi connectivity index (χ2v) is 6.23. The Morgan fingerprint density at radius 2 is 2.24 bits per heavy atom. The van der Waals surface area contributed by atoms with Crippen molar-refractivity contribution in [1.29, 1.82) is 0 Å². The van der Waals surface area contributed by atoms with Gasteiger partial charge in [0.2, 0.25) is 5.88 Å². The fraction of sp³-hybridized carbons (Fsp3) is 0.545. The molecule has 0 aliphatic rings. The summed E-state index contributed by atoms with van der Waals surface area (Å²) in [6.07, 6.45) is 2.89. The predicted molar refractivity (Wildman–Crippen MR) is 66.8 cm³/mol. The molecule has 1 unspecified atom stereocenters. The van der Waals surface area contributed by atoms with Gasteiger partial charge in [-0.25, -0.2) is 13.4 Å². The van der Waals surface area contributed by atoms with Crippen LogP contribution in [0.15, 0.2) is 18.3 Å². The van der Waals surface area contributed by atoms with Crippen LogP contribution in [0.3, 0.4) is 0 Å². The first-order valence-electron chi connectivity index (χ1n) is 5.31. The molecule has 0 aliphatic carbocycles. The summed E-state index contributed by atoms with van der Waals surface area (Å²) < 4.78 is 27.3. The number of hydrogen-bond donors (Lipinski definition) is 1. The van der Waals surface area contributed by atoms with Gasteiger partial charge in [-0.05, 0) is 13.0 Å². The van der Waals surface area contributed by atoms with Gasteiger partial charge in [0.05, 0.1) is 12.9 Å². The van der Waals surface area contributed by atoms with Gasteiger partial charge in [0, 0.05) is 30.6 Å². The molecule has 0 spiro atoms. The van der Waals surface area contributed by atoms with Gasteiger partial charge in [0.15, 0.2) is 0 Å². The zero-order valence-corrected chi connectivity index (χ0v) is 11.1. The third-order valence-electron chi connectivity index (χ3n) is 2.24. The minimum atomic E-state index is -2.95. The van der Waals surface area contributed by atoms with Crippen LogP contribution in [-0.2, 0) is 16.4 Å².